The number of benzene rings is 1. The fourth-order valence-electron chi connectivity index (χ4n) is 2.16. The Bertz CT molecular complexity index is 670. The smallest absolute Gasteiger partial charge is 0.192 e. The zero-order chi connectivity index (χ0) is 16.8. The molecule has 1 aromatic rings. The van der Waals surface area contributed by atoms with Gasteiger partial charge >= 0.3 is 0 Å². The summed E-state index contributed by atoms with van der Waals surface area (Å²) in [6.07, 6.45) is 6.13. The van der Waals surface area contributed by atoms with Crippen LogP contribution < -0.4 is 4.74 Å². The van der Waals surface area contributed by atoms with Gasteiger partial charge in [0.25, 0.3) is 0 Å². The first-order valence-electron chi connectivity index (χ1n) is 7.30. The molecular formula is C17H18ClNO3S. The zero-order valence-corrected chi connectivity index (χ0v) is 14.6. The van der Waals surface area contributed by atoms with Gasteiger partial charge in [0.1, 0.15) is 5.75 Å². The number of halogens is 1. The van der Waals surface area contributed by atoms with Crippen molar-refractivity contribution in [3.8, 4) is 5.75 Å². The first-order chi connectivity index (χ1) is 11.1. The van der Waals surface area contributed by atoms with Crippen LogP contribution in [0.25, 0.3) is 0 Å². The second-order valence-corrected chi connectivity index (χ2v) is 6.52. The van der Waals surface area contributed by atoms with Gasteiger partial charge < -0.3 is 9.64 Å². The van der Waals surface area contributed by atoms with Gasteiger partial charge in [-0.05, 0) is 24.6 Å². The monoisotopic (exact) mass is 351 g/mol. The SMILES string of the molecule is CCCCN1C=C(C=O)SC1=CC(=O)c1cc(Cl)ccc1OC. The van der Waals surface area contributed by atoms with Crippen molar-refractivity contribution in [3.63, 3.8) is 0 Å². The van der Waals surface area contributed by atoms with Crippen molar-refractivity contribution < 1.29 is 14.3 Å². The van der Waals surface area contributed by atoms with E-state index in [0.29, 0.717) is 21.2 Å². The summed E-state index contributed by atoms with van der Waals surface area (Å²) >= 11 is 7.27. The van der Waals surface area contributed by atoms with Crippen LogP contribution in [0.4, 0.5) is 0 Å². The molecule has 0 saturated heterocycles. The minimum Gasteiger partial charge on any atom is -0.496 e. The molecule has 0 spiro atoms. The highest BCUT2D eigenvalue weighted by Crippen LogP contribution is 2.36. The number of rotatable bonds is 7. The van der Waals surface area contributed by atoms with E-state index in [0.717, 1.165) is 30.7 Å². The van der Waals surface area contributed by atoms with E-state index < -0.39 is 0 Å². The molecule has 2 rings (SSSR count). The van der Waals surface area contributed by atoms with Crippen LogP contribution in [0, 0.1) is 0 Å². The molecule has 23 heavy (non-hydrogen) atoms. The third-order valence-electron chi connectivity index (χ3n) is 3.34. The Hall–Kier alpha value is -1.72. The van der Waals surface area contributed by atoms with E-state index in [9.17, 15) is 9.59 Å². The molecule has 122 valence electrons. The van der Waals surface area contributed by atoms with E-state index in [1.807, 2.05) is 4.90 Å². The maximum Gasteiger partial charge on any atom is 0.192 e. The summed E-state index contributed by atoms with van der Waals surface area (Å²) in [4.78, 5) is 26.1. The summed E-state index contributed by atoms with van der Waals surface area (Å²) in [5.41, 5.74) is 0.406. The lowest BCUT2D eigenvalue weighted by molar-refractivity contribution is -0.104. The zero-order valence-electron chi connectivity index (χ0n) is 13.0. The molecule has 1 aromatic carbocycles. The van der Waals surface area contributed by atoms with Crippen molar-refractivity contribution in [2.75, 3.05) is 13.7 Å². The van der Waals surface area contributed by atoms with Crippen molar-refractivity contribution in [2.45, 2.75) is 19.8 Å². The summed E-state index contributed by atoms with van der Waals surface area (Å²) in [6, 6.07) is 4.93. The van der Waals surface area contributed by atoms with Gasteiger partial charge in [-0.3, -0.25) is 9.59 Å². The Morgan fingerprint density at radius 3 is 2.87 bits per heavy atom. The summed E-state index contributed by atoms with van der Waals surface area (Å²) in [5, 5.41) is 1.22. The third-order valence-corrected chi connectivity index (χ3v) is 4.57. The van der Waals surface area contributed by atoms with Gasteiger partial charge in [-0.15, -0.1) is 0 Å². The molecule has 1 aliphatic heterocycles. The molecule has 0 aliphatic carbocycles. The first kappa shape index (κ1) is 17.6. The minimum absolute atomic E-state index is 0.200. The van der Waals surface area contributed by atoms with Crippen molar-refractivity contribution in [2.24, 2.45) is 0 Å². The summed E-state index contributed by atoms with van der Waals surface area (Å²) in [5.74, 6) is 0.275. The Morgan fingerprint density at radius 1 is 1.43 bits per heavy atom. The van der Waals surface area contributed by atoms with E-state index in [1.165, 1.54) is 24.9 Å². The van der Waals surface area contributed by atoms with Gasteiger partial charge in [-0.1, -0.05) is 36.7 Å². The van der Waals surface area contributed by atoms with Crippen LogP contribution in [0.15, 0.2) is 40.4 Å². The number of carbonyl (C=O) groups is 2. The molecule has 0 radical (unpaired) electrons. The van der Waals surface area contributed by atoms with Crippen LogP contribution in [-0.2, 0) is 4.79 Å². The molecule has 0 amide bonds. The first-order valence-corrected chi connectivity index (χ1v) is 8.49. The van der Waals surface area contributed by atoms with Crippen LogP contribution in [0.3, 0.4) is 0 Å². The second kappa shape index (κ2) is 8.22. The van der Waals surface area contributed by atoms with Gasteiger partial charge in [0.05, 0.1) is 22.6 Å². The second-order valence-electron chi connectivity index (χ2n) is 4.99. The Labute approximate surface area is 145 Å². The highest BCUT2D eigenvalue weighted by Gasteiger charge is 2.21. The fraction of sp³-hybridized carbons (Fsp3) is 0.294. The van der Waals surface area contributed by atoms with Crippen LogP contribution in [0.2, 0.25) is 5.02 Å². The van der Waals surface area contributed by atoms with E-state index >= 15 is 0 Å². The quantitative estimate of drug-likeness (QED) is 0.417. The Kier molecular flexibility index (Phi) is 6.30. The highest BCUT2D eigenvalue weighted by atomic mass is 35.5. The van der Waals surface area contributed by atoms with Crippen molar-refractivity contribution in [3.05, 3.63) is 51.0 Å². The number of hydrogen-bond donors (Lipinski definition) is 0. The number of aldehydes is 1. The molecule has 0 fully saturated rings. The lowest BCUT2D eigenvalue weighted by Gasteiger charge is -2.16. The number of methoxy groups -OCH3 is 1. The summed E-state index contributed by atoms with van der Waals surface area (Å²) in [6.45, 7) is 2.87. The molecule has 0 bridgehead atoms. The van der Waals surface area contributed by atoms with Crippen molar-refractivity contribution in [1.29, 1.82) is 0 Å². The van der Waals surface area contributed by atoms with E-state index in [-0.39, 0.29) is 5.78 Å². The van der Waals surface area contributed by atoms with E-state index in [1.54, 1.807) is 24.4 Å². The lowest BCUT2D eigenvalue weighted by Crippen LogP contribution is -2.14. The van der Waals surface area contributed by atoms with Crippen LogP contribution in [0.1, 0.15) is 30.1 Å². The van der Waals surface area contributed by atoms with Gasteiger partial charge in [-0.2, -0.15) is 0 Å². The molecule has 1 aliphatic rings. The van der Waals surface area contributed by atoms with Crippen LogP contribution in [0.5, 0.6) is 5.75 Å². The van der Waals surface area contributed by atoms with Gasteiger partial charge in [0, 0.05) is 23.8 Å². The molecule has 0 saturated carbocycles. The topological polar surface area (TPSA) is 46.6 Å². The van der Waals surface area contributed by atoms with E-state index in [2.05, 4.69) is 6.92 Å². The van der Waals surface area contributed by atoms with Crippen molar-refractivity contribution >= 4 is 35.4 Å². The summed E-state index contributed by atoms with van der Waals surface area (Å²) < 4.78 is 5.22. The molecular weight excluding hydrogens is 334 g/mol. The van der Waals surface area contributed by atoms with Crippen LogP contribution >= 0.6 is 23.4 Å². The largest absolute Gasteiger partial charge is 0.496 e. The standard InChI is InChI=1S/C17H18ClNO3S/c1-3-4-7-19-10-13(11-20)23-17(19)9-15(21)14-8-12(18)5-6-16(14)22-2/h5-6,8-11H,3-4,7H2,1-2H3. The summed E-state index contributed by atoms with van der Waals surface area (Å²) in [7, 11) is 1.51. The maximum absolute atomic E-state index is 12.6. The molecule has 0 N–H and O–H groups in total. The average Bonchev–Trinajstić information content (AvgIpc) is 2.94. The molecule has 1 heterocycles. The van der Waals surface area contributed by atoms with Gasteiger partial charge in [-0.25, -0.2) is 0 Å². The number of allylic oxidation sites excluding steroid dienone is 2. The predicted octanol–water partition coefficient (Wildman–Crippen LogP) is 4.26. The fourth-order valence-corrected chi connectivity index (χ4v) is 3.22. The molecule has 0 atom stereocenters. The predicted molar refractivity (Wildman–Crippen MR) is 93.8 cm³/mol. The lowest BCUT2D eigenvalue weighted by atomic mass is 10.1. The molecule has 4 nitrogen and oxygen atoms in total. The Balaban J connectivity index is 2.27. The number of nitrogens with zero attached hydrogens (tertiary/aromatic N) is 1. The van der Waals surface area contributed by atoms with Gasteiger partial charge in [0.2, 0.25) is 0 Å². The number of unbranched alkanes of at least 4 members (excludes halogenated alkanes) is 1. The average molecular weight is 352 g/mol. The third kappa shape index (κ3) is 4.39. The van der Waals surface area contributed by atoms with Gasteiger partial charge in [0.15, 0.2) is 12.1 Å². The number of carbonyl (C=O) groups excluding carboxylic acids is 2. The van der Waals surface area contributed by atoms with Crippen molar-refractivity contribution in [1.82, 2.24) is 4.90 Å². The minimum atomic E-state index is -0.200. The Morgan fingerprint density at radius 2 is 2.22 bits per heavy atom. The molecule has 0 unspecified atom stereocenters. The maximum atomic E-state index is 12.6. The van der Waals surface area contributed by atoms with Crippen LogP contribution in [-0.4, -0.2) is 30.6 Å². The van der Waals surface area contributed by atoms with E-state index in [4.69, 9.17) is 16.3 Å². The molecule has 0 aromatic heterocycles. The normalized spacial score (nSPS) is 15.7. The number of thioether (sulfide) groups is 1. The number of hydrogen-bond acceptors (Lipinski definition) is 5. The molecule has 6 heteroatoms. The number of ketones is 1. The highest BCUT2D eigenvalue weighted by molar-refractivity contribution is 8.07. The number of ether oxygens (including phenoxy) is 1.